The van der Waals surface area contributed by atoms with Gasteiger partial charge in [-0.15, -0.1) is 0 Å². The predicted octanol–water partition coefficient (Wildman–Crippen LogP) is 6.19. The SMILES string of the molecule is Nc1cc(Oc2c(F)c(F)c(C(=O)c3c(F)c(F)c(F)c(F)c3Oc3ccc(O)c(N)c3)c(F)c2F)ccc1O. The van der Waals surface area contributed by atoms with Gasteiger partial charge in [0.15, 0.2) is 29.0 Å². The molecule has 4 rings (SSSR count). The van der Waals surface area contributed by atoms with Crippen molar-refractivity contribution in [3.05, 3.63) is 94.1 Å². The van der Waals surface area contributed by atoms with E-state index < -0.39 is 104 Å². The lowest BCUT2D eigenvalue weighted by atomic mass is 9.99. The molecule has 0 aliphatic carbocycles. The van der Waals surface area contributed by atoms with Crippen molar-refractivity contribution in [2.75, 3.05) is 11.5 Å². The molecule has 6 N–H and O–H groups in total. The molecule has 0 aliphatic rings. The number of nitrogen functional groups attached to an aromatic ring is 2. The average molecular weight is 572 g/mol. The quantitative estimate of drug-likeness (QED) is 0.0542. The fourth-order valence-electron chi connectivity index (χ4n) is 3.36. The zero-order valence-corrected chi connectivity index (χ0v) is 19.3. The molecule has 0 saturated carbocycles. The molecule has 0 aromatic heterocycles. The van der Waals surface area contributed by atoms with Crippen LogP contribution in [0.25, 0.3) is 0 Å². The maximum Gasteiger partial charge on any atom is 0.206 e. The Morgan fingerprint density at radius 3 is 1.38 bits per heavy atom. The highest BCUT2D eigenvalue weighted by molar-refractivity contribution is 6.11. The Morgan fingerprint density at radius 1 is 0.550 bits per heavy atom. The smallest absolute Gasteiger partial charge is 0.206 e. The minimum Gasteiger partial charge on any atom is -0.506 e. The topological polar surface area (TPSA) is 128 Å². The summed E-state index contributed by atoms with van der Waals surface area (Å²) in [4.78, 5) is 13.0. The number of nitrogens with two attached hydrogens (primary N) is 2. The van der Waals surface area contributed by atoms with E-state index in [1.54, 1.807) is 0 Å². The van der Waals surface area contributed by atoms with E-state index in [4.69, 9.17) is 20.9 Å². The molecule has 0 atom stereocenters. The summed E-state index contributed by atoms with van der Waals surface area (Å²) < 4.78 is 127. The van der Waals surface area contributed by atoms with Crippen molar-refractivity contribution >= 4 is 17.2 Å². The standard InChI is InChI=1S/C25H12F8N2O5/c26-15-13(16(27)21(32)25(20(15)31)40-8-2-4-12(37)10(35)6-8)23(38)14-17(28)18(29)19(30)22(33)24(14)39-7-1-3-11(36)9(34)5-7/h1-6,36-37H,34-35H2. The van der Waals surface area contributed by atoms with Gasteiger partial charge >= 0.3 is 0 Å². The van der Waals surface area contributed by atoms with E-state index in [1.807, 2.05) is 0 Å². The Kier molecular flexibility index (Phi) is 7.07. The van der Waals surface area contributed by atoms with Crippen LogP contribution >= 0.6 is 0 Å². The third-order valence-electron chi connectivity index (χ3n) is 5.34. The number of hydrogen-bond acceptors (Lipinski definition) is 7. The summed E-state index contributed by atoms with van der Waals surface area (Å²) in [6.07, 6.45) is 0. The Labute approximate surface area is 217 Å². The van der Waals surface area contributed by atoms with Crippen LogP contribution in [0.3, 0.4) is 0 Å². The highest BCUT2D eigenvalue weighted by Gasteiger charge is 2.37. The second-order valence-electron chi connectivity index (χ2n) is 7.89. The number of halogens is 8. The van der Waals surface area contributed by atoms with Crippen molar-refractivity contribution in [1.82, 2.24) is 0 Å². The molecular formula is C25H12F8N2O5. The lowest BCUT2D eigenvalue weighted by Gasteiger charge is -2.16. The number of carbonyl (C=O) groups is 1. The van der Waals surface area contributed by atoms with Crippen LogP contribution in [-0.4, -0.2) is 16.0 Å². The maximum absolute atomic E-state index is 14.9. The third-order valence-corrected chi connectivity index (χ3v) is 5.34. The molecule has 0 amide bonds. The van der Waals surface area contributed by atoms with Crippen LogP contribution in [0.2, 0.25) is 0 Å². The van der Waals surface area contributed by atoms with Crippen molar-refractivity contribution < 1.29 is 59.6 Å². The lowest BCUT2D eigenvalue weighted by Crippen LogP contribution is -2.17. The van der Waals surface area contributed by atoms with E-state index in [0.717, 1.165) is 36.4 Å². The Hall–Kier alpha value is -5.21. The molecule has 0 unspecified atom stereocenters. The summed E-state index contributed by atoms with van der Waals surface area (Å²) in [5, 5.41) is 18.9. The van der Waals surface area contributed by atoms with Crippen molar-refractivity contribution in [3.63, 3.8) is 0 Å². The molecule has 40 heavy (non-hydrogen) atoms. The molecule has 0 radical (unpaired) electrons. The van der Waals surface area contributed by atoms with Crippen molar-refractivity contribution in [2.45, 2.75) is 0 Å². The van der Waals surface area contributed by atoms with Crippen LogP contribution in [-0.2, 0) is 0 Å². The van der Waals surface area contributed by atoms with Gasteiger partial charge in [0, 0.05) is 12.1 Å². The largest absolute Gasteiger partial charge is 0.506 e. The summed E-state index contributed by atoms with van der Waals surface area (Å²) in [6.45, 7) is 0. The lowest BCUT2D eigenvalue weighted by molar-refractivity contribution is 0.101. The first kappa shape index (κ1) is 27.8. The van der Waals surface area contributed by atoms with Gasteiger partial charge in [-0.1, -0.05) is 0 Å². The van der Waals surface area contributed by atoms with E-state index in [1.165, 1.54) is 0 Å². The van der Waals surface area contributed by atoms with Gasteiger partial charge < -0.3 is 31.2 Å². The maximum atomic E-state index is 14.9. The summed E-state index contributed by atoms with van der Waals surface area (Å²) in [5.41, 5.74) is 5.89. The van der Waals surface area contributed by atoms with Crippen LogP contribution in [0.1, 0.15) is 15.9 Å². The average Bonchev–Trinajstić information content (AvgIpc) is 2.91. The number of ether oxygens (including phenoxy) is 2. The molecule has 0 fully saturated rings. The van der Waals surface area contributed by atoms with Gasteiger partial charge in [-0.3, -0.25) is 4.79 Å². The molecule has 0 heterocycles. The second kappa shape index (κ2) is 10.2. The number of hydrogen-bond donors (Lipinski definition) is 4. The summed E-state index contributed by atoms with van der Waals surface area (Å²) >= 11 is 0. The molecule has 0 bridgehead atoms. The molecule has 0 saturated heterocycles. The Bertz CT molecular complexity index is 1690. The van der Waals surface area contributed by atoms with Crippen LogP contribution in [0, 0.1) is 46.5 Å². The molecule has 15 heteroatoms. The zero-order valence-electron chi connectivity index (χ0n) is 19.3. The predicted molar refractivity (Wildman–Crippen MR) is 121 cm³/mol. The van der Waals surface area contributed by atoms with Gasteiger partial charge in [-0.05, 0) is 24.3 Å². The molecular weight excluding hydrogens is 560 g/mol. The molecule has 0 aliphatic heterocycles. The van der Waals surface area contributed by atoms with Crippen molar-refractivity contribution in [2.24, 2.45) is 0 Å². The summed E-state index contributed by atoms with van der Waals surface area (Å²) in [7, 11) is 0. The molecule has 4 aromatic carbocycles. The number of benzene rings is 4. The van der Waals surface area contributed by atoms with Crippen LogP contribution < -0.4 is 20.9 Å². The number of rotatable bonds is 6. The highest BCUT2D eigenvalue weighted by Crippen LogP contribution is 2.40. The normalized spacial score (nSPS) is 11.0. The molecule has 0 spiro atoms. The first-order valence-corrected chi connectivity index (χ1v) is 10.5. The number of aromatic hydroxyl groups is 2. The zero-order chi connectivity index (χ0) is 29.6. The third kappa shape index (κ3) is 4.61. The van der Waals surface area contributed by atoms with E-state index in [-0.39, 0.29) is 5.69 Å². The van der Waals surface area contributed by atoms with Crippen molar-refractivity contribution in [3.8, 4) is 34.5 Å². The van der Waals surface area contributed by atoms with Gasteiger partial charge in [0.25, 0.3) is 0 Å². The van der Waals surface area contributed by atoms with Crippen LogP contribution in [0.5, 0.6) is 34.5 Å². The second-order valence-corrected chi connectivity index (χ2v) is 7.89. The molecule has 208 valence electrons. The summed E-state index contributed by atoms with van der Waals surface area (Å²) in [5.74, 6) is -27.7. The first-order chi connectivity index (χ1) is 18.7. The Balaban J connectivity index is 1.88. The van der Waals surface area contributed by atoms with Gasteiger partial charge in [0.1, 0.15) is 34.1 Å². The van der Waals surface area contributed by atoms with Crippen LogP contribution in [0.15, 0.2) is 36.4 Å². The first-order valence-electron chi connectivity index (χ1n) is 10.5. The molecule has 7 nitrogen and oxygen atoms in total. The fraction of sp³-hybridized carbons (Fsp3) is 0. The summed E-state index contributed by atoms with van der Waals surface area (Å²) in [6, 6.07) is 5.12. The van der Waals surface area contributed by atoms with Gasteiger partial charge in [0.2, 0.25) is 34.8 Å². The van der Waals surface area contributed by atoms with E-state index in [2.05, 4.69) is 0 Å². The number of phenolic OH excluding ortho intramolecular Hbond substituents is 2. The van der Waals surface area contributed by atoms with Gasteiger partial charge in [-0.25, -0.2) is 22.0 Å². The molecule has 4 aromatic rings. The number of anilines is 2. The van der Waals surface area contributed by atoms with Gasteiger partial charge in [-0.2, -0.15) is 13.2 Å². The number of phenols is 2. The minimum absolute atomic E-state index is 0.357. The van der Waals surface area contributed by atoms with E-state index in [9.17, 15) is 50.1 Å². The highest BCUT2D eigenvalue weighted by atomic mass is 19.2. The fourth-order valence-corrected chi connectivity index (χ4v) is 3.36. The monoisotopic (exact) mass is 572 g/mol. The Morgan fingerprint density at radius 2 is 0.925 bits per heavy atom. The number of ketones is 1. The minimum atomic E-state index is -2.62. The number of carbonyl (C=O) groups excluding carboxylic acids is 1. The van der Waals surface area contributed by atoms with Crippen LogP contribution in [0.4, 0.5) is 46.5 Å². The van der Waals surface area contributed by atoms with Crippen molar-refractivity contribution in [1.29, 1.82) is 0 Å². The van der Waals surface area contributed by atoms with Gasteiger partial charge in [0.05, 0.1) is 11.4 Å². The van der Waals surface area contributed by atoms with E-state index >= 15 is 0 Å². The van der Waals surface area contributed by atoms with E-state index in [0.29, 0.717) is 0 Å².